The number of halogens is 1. The van der Waals surface area contributed by atoms with E-state index in [9.17, 15) is 15.0 Å². The SMILES string of the molecule is CC(Cc1ccc(O)cc1)NC(=O)NCC(O)c1ccccc1Cl. The summed E-state index contributed by atoms with van der Waals surface area (Å²) in [6, 6.07) is 13.4. The van der Waals surface area contributed by atoms with Crippen LogP contribution in [0, 0.1) is 0 Å². The van der Waals surface area contributed by atoms with Crippen LogP contribution in [0.5, 0.6) is 5.75 Å². The maximum absolute atomic E-state index is 11.9. The van der Waals surface area contributed by atoms with Gasteiger partial charge in [0.2, 0.25) is 0 Å². The lowest BCUT2D eigenvalue weighted by molar-refractivity contribution is 0.172. The molecule has 2 rings (SSSR count). The molecule has 0 radical (unpaired) electrons. The predicted molar refractivity (Wildman–Crippen MR) is 94.2 cm³/mol. The van der Waals surface area contributed by atoms with Crippen molar-refractivity contribution in [2.75, 3.05) is 6.54 Å². The Morgan fingerprint density at radius 3 is 2.50 bits per heavy atom. The van der Waals surface area contributed by atoms with Gasteiger partial charge in [-0.15, -0.1) is 0 Å². The molecule has 4 N–H and O–H groups in total. The number of hydrogen-bond acceptors (Lipinski definition) is 3. The molecule has 0 aliphatic rings. The third-order valence-corrected chi connectivity index (χ3v) is 3.92. The summed E-state index contributed by atoms with van der Waals surface area (Å²) in [6.45, 7) is 1.96. The first kappa shape index (κ1) is 18.1. The molecule has 2 atom stereocenters. The van der Waals surface area contributed by atoms with Gasteiger partial charge in [0.25, 0.3) is 0 Å². The topological polar surface area (TPSA) is 81.6 Å². The van der Waals surface area contributed by atoms with E-state index in [1.54, 1.807) is 36.4 Å². The number of phenols is 1. The van der Waals surface area contributed by atoms with Gasteiger partial charge in [0.15, 0.2) is 0 Å². The zero-order valence-electron chi connectivity index (χ0n) is 13.4. The number of carbonyl (C=O) groups is 1. The number of hydrogen-bond donors (Lipinski definition) is 4. The highest BCUT2D eigenvalue weighted by atomic mass is 35.5. The van der Waals surface area contributed by atoms with Gasteiger partial charge in [-0.2, -0.15) is 0 Å². The molecule has 0 aliphatic heterocycles. The lowest BCUT2D eigenvalue weighted by Crippen LogP contribution is -2.43. The van der Waals surface area contributed by atoms with Crippen LogP contribution in [0.1, 0.15) is 24.2 Å². The van der Waals surface area contributed by atoms with Crippen LogP contribution in [0.3, 0.4) is 0 Å². The molecule has 0 fully saturated rings. The van der Waals surface area contributed by atoms with Crippen molar-refractivity contribution in [2.45, 2.75) is 25.5 Å². The molecule has 0 aromatic heterocycles. The van der Waals surface area contributed by atoms with E-state index in [-0.39, 0.29) is 24.4 Å². The number of aromatic hydroxyl groups is 1. The van der Waals surface area contributed by atoms with Gasteiger partial charge < -0.3 is 20.8 Å². The Balaban J connectivity index is 1.78. The van der Waals surface area contributed by atoms with Crippen LogP contribution in [0.25, 0.3) is 0 Å². The smallest absolute Gasteiger partial charge is 0.315 e. The largest absolute Gasteiger partial charge is 0.508 e. The molecule has 0 saturated heterocycles. The molecule has 0 heterocycles. The maximum atomic E-state index is 11.9. The first-order chi connectivity index (χ1) is 11.5. The molecule has 6 heteroatoms. The summed E-state index contributed by atoms with van der Waals surface area (Å²) in [7, 11) is 0. The molecule has 128 valence electrons. The fraction of sp³-hybridized carbons (Fsp3) is 0.278. The van der Waals surface area contributed by atoms with E-state index in [0.29, 0.717) is 17.0 Å². The van der Waals surface area contributed by atoms with E-state index >= 15 is 0 Å². The first-order valence-electron chi connectivity index (χ1n) is 7.70. The van der Waals surface area contributed by atoms with Crippen LogP contribution in [0.15, 0.2) is 48.5 Å². The molecular formula is C18H21ClN2O3. The lowest BCUT2D eigenvalue weighted by atomic mass is 10.1. The standard InChI is InChI=1S/C18H21ClN2O3/c1-12(10-13-6-8-14(22)9-7-13)21-18(24)20-11-17(23)15-4-2-3-5-16(15)19/h2-9,12,17,22-23H,10-11H2,1H3,(H2,20,21,24). The first-order valence-corrected chi connectivity index (χ1v) is 8.08. The number of amides is 2. The van der Waals surface area contributed by atoms with E-state index in [1.165, 1.54) is 0 Å². The minimum absolute atomic E-state index is 0.0709. The molecule has 5 nitrogen and oxygen atoms in total. The third-order valence-electron chi connectivity index (χ3n) is 3.58. The van der Waals surface area contributed by atoms with Gasteiger partial charge in [-0.3, -0.25) is 0 Å². The quantitative estimate of drug-likeness (QED) is 0.647. The normalized spacial score (nSPS) is 13.1. The van der Waals surface area contributed by atoms with Gasteiger partial charge in [-0.25, -0.2) is 4.79 Å². The molecule has 0 aliphatic carbocycles. The number of aliphatic hydroxyl groups is 1. The average molecular weight is 349 g/mol. The van der Waals surface area contributed by atoms with E-state index in [0.717, 1.165) is 5.56 Å². The van der Waals surface area contributed by atoms with Gasteiger partial charge in [-0.1, -0.05) is 41.9 Å². The van der Waals surface area contributed by atoms with Crippen LogP contribution in [-0.2, 0) is 6.42 Å². The van der Waals surface area contributed by atoms with Crippen LogP contribution < -0.4 is 10.6 Å². The summed E-state index contributed by atoms with van der Waals surface area (Å²) >= 11 is 6.01. The van der Waals surface area contributed by atoms with E-state index < -0.39 is 6.10 Å². The van der Waals surface area contributed by atoms with E-state index in [4.69, 9.17) is 11.6 Å². The molecule has 0 bridgehead atoms. The number of nitrogens with one attached hydrogen (secondary N) is 2. The average Bonchev–Trinajstić information content (AvgIpc) is 2.55. The Morgan fingerprint density at radius 1 is 1.17 bits per heavy atom. The van der Waals surface area contributed by atoms with Gasteiger partial charge in [0, 0.05) is 23.2 Å². The van der Waals surface area contributed by atoms with Crippen molar-refractivity contribution < 1.29 is 15.0 Å². The molecule has 2 aromatic carbocycles. The van der Waals surface area contributed by atoms with Gasteiger partial charge in [-0.05, 0) is 37.1 Å². The fourth-order valence-electron chi connectivity index (χ4n) is 2.36. The lowest BCUT2D eigenvalue weighted by Gasteiger charge is -2.17. The van der Waals surface area contributed by atoms with Gasteiger partial charge in [0.05, 0.1) is 6.10 Å². The van der Waals surface area contributed by atoms with Crippen molar-refractivity contribution in [2.24, 2.45) is 0 Å². The van der Waals surface area contributed by atoms with Gasteiger partial charge >= 0.3 is 6.03 Å². The molecule has 0 saturated carbocycles. The molecule has 2 amide bonds. The van der Waals surface area contributed by atoms with Crippen LogP contribution >= 0.6 is 11.6 Å². The number of carbonyl (C=O) groups excluding carboxylic acids is 1. The Labute approximate surface area is 146 Å². The Hall–Kier alpha value is -2.24. The molecule has 2 unspecified atom stereocenters. The van der Waals surface area contributed by atoms with E-state index in [2.05, 4.69) is 10.6 Å². The van der Waals surface area contributed by atoms with Crippen molar-refractivity contribution in [3.05, 3.63) is 64.7 Å². The second kappa shape index (κ2) is 8.57. The Morgan fingerprint density at radius 2 is 1.83 bits per heavy atom. The second-order valence-corrected chi connectivity index (χ2v) is 6.07. The third kappa shape index (κ3) is 5.44. The summed E-state index contributed by atoms with van der Waals surface area (Å²) in [5, 5.41) is 25.3. The summed E-state index contributed by atoms with van der Waals surface area (Å²) < 4.78 is 0. The number of rotatable bonds is 6. The zero-order chi connectivity index (χ0) is 17.5. The highest BCUT2D eigenvalue weighted by molar-refractivity contribution is 6.31. The maximum Gasteiger partial charge on any atom is 0.315 e. The predicted octanol–water partition coefficient (Wildman–Crippen LogP) is 3.01. The van der Waals surface area contributed by atoms with Crippen molar-refractivity contribution in [1.29, 1.82) is 0 Å². The number of urea groups is 1. The monoisotopic (exact) mass is 348 g/mol. The fourth-order valence-corrected chi connectivity index (χ4v) is 2.62. The number of aliphatic hydroxyl groups excluding tert-OH is 1. The Bertz CT molecular complexity index is 676. The van der Waals surface area contributed by atoms with Gasteiger partial charge in [0.1, 0.15) is 5.75 Å². The summed E-state index contributed by atoms with van der Waals surface area (Å²) in [5.41, 5.74) is 1.59. The molecular weight excluding hydrogens is 328 g/mol. The summed E-state index contributed by atoms with van der Waals surface area (Å²) in [5.74, 6) is 0.214. The summed E-state index contributed by atoms with van der Waals surface area (Å²) in [6.07, 6.45) is -0.224. The number of phenolic OH excluding ortho intramolecular Hbond substituents is 1. The van der Waals surface area contributed by atoms with Crippen molar-refractivity contribution in [3.63, 3.8) is 0 Å². The molecule has 0 spiro atoms. The van der Waals surface area contributed by atoms with Crippen molar-refractivity contribution in [3.8, 4) is 5.75 Å². The molecule has 2 aromatic rings. The molecule has 24 heavy (non-hydrogen) atoms. The van der Waals surface area contributed by atoms with Crippen LogP contribution in [-0.4, -0.2) is 28.8 Å². The number of benzene rings is 2. The van der Waals surface area contributed by atoms with Crippen molar-refractivity contribution in [1.82, 2.24) is 10.6 Å². The minimum Gasteiger partial charge on any atom is -0.508 e. The Kier molecular flexibility index (Phi) is 6.46. The van der Waals surface area contributed by atoms with Crippen LogP contribution in [0.4, 0.5) is 4.79 Å². The van der Waals surface area contributed by atoms with Crippen LogP contribution in [0.2, 0.25) is 5.02 Å². The minimum atomic E-state index is -0.864. The highest BCUT2D eigenvalue weighted by Gasteiger charge is 2.13. The highest BCUT2D eigenvalue weighted by Crippen LogP contribution is 2.21. The summed E-state index contributed by atoms with van der Waals surface area (Å²) in [4.78, 5) is 11.9. The zero-order valence-corrected chi connectivity index (χ0v) is 14.1. The van der Waals surface area contributed by atoms with Crippen molar-refractivity contribution >= 4 is 17.6 Å². The second-order valence-electron chi connectivity index (χ2n) is 5.66. The van der Waals surface area contributed by atoms with E-state index in [1.807, 2.05) is 19.1 Å².